The smallest absolute Gasteiger partial charge is 0.425 e. The third-order valence-electron chi connectivity index (χ3n) is 5.39. The van der Waals surface area contributed by atoms with E-state index in [-0.39, 0.29) is 22.6 Å². The molecule has 0 aliphatic carbocycles. The predicted molar refractivity (Wildman–Crippen MR) is 144 cm³/mol. The number of nitrogens with zero attached hydrogens (tertiary/aromatic N) is 1. The molecule has 0 heterocycles. The van der Waals surface area contributed by atoms with E-state index in [0.717, 1.165) is 29.3 Å². The molecule has 11 heteroatoms. The molecule has 0 fully saturated rings. The van der Waals surface area contributed by atoms with Crippen LogP contribution in [0.2, 0.25) is 0 Å². The SMILES string of the molecule is N#Cc1ccc(-c2ccc(OC(=O)C(I)C(=O)Oc3ccc(-c4ccc(OC(F)(F)F)cc4)c(F)c3)cc2)cc1. The summed E-state index contributed by atoms with van der Waals surface area (Å²) in [5.74, 6) is -3.12. The molecule has 0 aliphatic heterocycles. The summed E-state index contributed by atoms with van der Waals surface area (Å²) in [6, 6.07) is 23.6. The highest BCUT2D eigenvalue weighted by molar-refractivity contribution is 14.1. The Morgan fingerprint density at radius 3 is 1.73 bits per heavy atom. The summed E-state index contributed by atoms with van der Waals surface area (Å²) in [4.78, 5) is 24.9. The van der Waals surface area contributed by atoms with Crippen molar-refractivity contribution in [1.29, 1.82) is 5.26 Å². The van der Waals surface area contributed by atoms with Crippen molar-refractivity contribution in [2.24, 2.45) is 0 Å². The van der Waals surface area contributed by atoms with Gasteiger partial charge in [-0.2, -0.15) is 5.26 Å². The topological polar surface area (TPSA) is 85.6 Å². The molecule has 0 saturated heterocycles. The van der Waals surface area contributed by atoms with Crippen LogP contribution in [0, 0.1) is 17.1 Å². The lowest BCUT2D eigenvalue weighted by Crippen LogP contribution is -2.31. The fourth-order valence-electron chi connectivity index (χ4n) is 3.51. The minimum Gasteiger partial charge on any atom is -0.425 e. The van der Waals surface area contributed by atoms with E-state index in [9.17, 15) is 27.2 Å². The number of esters is 2. The number of halogens is 5. The Morgan fingerprint density at radius 1 is 0.725 bits per heavy atom. The summed E-state index contributed by atoms with van der Waals surface area (Å²) in [6.45, 7) is 0. The number of ether oxygens (including phenoxy) is 3. The fraction of sp³-hybridized carbons (Fsp3) is 0.0690. The van der Waals surface area contributed by atoms with Crippen LogP contribution in [0.3, 0.4) is 0 Å². The second-order valence-corrected chi connectivity index (χ2v) is 9.38. The summed E-state index contributed by atoms with van der Waals surface area (Å²) in [5.41, 5.74) is 2.53. The molecule has 0 N–H and O–H groups in total. The molecule has 1 unspecified atom stereocenters. The largest absolute Gasteiger partial charge is 0.573 e. The molecule has 4 aromatic carbocycles. The predicted octanol–water partition coefficient (Wildman–Crippen LogP) is 7.24. The molecule has 40 heavy (non-hydrogen) atoms. The lowest BCUT2D eigenvalue weighted by Gasteiger charge is -2.12. The Balaban J connectivity index is 1.35. The molecular weight excluding hydrogens is 645 g/mol. The number of hydrogen-bond donors (Lipinski definition) is 0. The Hall–Kier alpha value is -4.44. The van der Waals surface area contributed by atoms with Crippen molar-refractivity contribution in [3.05, 3.63) is 102 Å². The van der Waals surface area contributed by atoms with E-state index < -0.39 is 33.8 Å². The molecule has 0 spiro atoms. The maximum absolute atomic E-state index is 14.7. The summed E-state index contributed by atoms with van der Waals surface area (Å²) >= 11 is 1.55. The molecular formula is C29H16F4INO5. The van der Waals surface area contributed by atoms with E-state index in [2.05, 4.69) is 4.74 Å². The number of benzene rings is 4. The molecule has 0 bridgehead atoms. The molecule has 0 aromatic heterocycles. The first-order valence-electron chi connectivity index (χ1n) is 11.4. The third-order valence-corrected chi connectivity index (χ3v) is 6.41. The van der Waals surface area contributed by atoms with Gasteiger partial charge >= 0.3 is 18.3 Å². The van der Waals surface area contributed by atoms with E-state index >= 15 is 0 Å². The van der Waals surface area contributed by atoms with Crippen molar-refractivity contribution in [3.63, 3.8) is 0 Å². The van der Waals surface area contributed by atoms with Crippen molar-refractivity contribution in [2.75, 3.05) is 0 Å². The monoisotopic (exact) mass is 661 g/mol. The molecule has 4 rings (SSSR count). The van der Waals surface area contributed by atoms with Gasteiger partial charge in [0, 0.05) is 11.6 Å². The van der Waals surface area contributed by atoms with Crippen LogP contribution in [0.25, 0.3) is 22.3 Å². The standard InChI is InChI=1S/C29H16F4INO5/c30-25-15-23(13-14-24(25)20-7-11-22(12-8-20)40-29(31,32)33)39-28(37)26(34)27(36)38-21-9-5-19(6-10-21)18-3-1-17(16-35)2-4-18/h1-15,26H. The number of rotatable bonds is 7. The number of alkyl halides is 4. The van der Waals surface area contributed by atoms with Gasteiger partial charge in [-0.1, -0.05) is 59.0 Å². The minimum atomic E-state index is -4.85. The molecule has 0 radical (unpaired) electrons. The van der Waals surface area contributed by atoms with Crippen molar-refractivity contribution in [3.8, 4) is 45.6 Å². The fourth-order valence-corrected chi connectivity index (χ4v) is 3.77. The van der Waals surface area contributed by atoms with Crippen molar-refractivity contribution >= 4 is 34.5 Å². The molecule has 1 atom stereocenters. The van der Waals surface area contributed by atoms with Gasteiger partial charge in [0.05, 0.1) is 11.6 Å². The second-order valence-electron chi connectivity index (χ2n) is 8.13. The van der Waals surface area contributed by atoms with Crippen LogP contribution in [-0.4, -0.2) is 22.2 Å². The first-order valence-corrected chi connectivity index (χ1v) is 12.6. The van der Waals surface area contributed by atoms with Crippen molar-refractivity contribution < 1.29 is 41.4 Å². The number of carbonyl (C=O) groups excluding carboxylic acids is 2. The van der Waals surface area contributed by atoms with Crippen molar-refractivity contribution in [2.45, 2.75) is 10.3 Å². The highest BCUT2D eigenvalue weighted by atomic mass is 127. The van der Waals surface area contributed by atoms with E-state index in [1.165, 1.54) is 24.3 Å². The zero-order valence-electron chi connectivity index (χ0n) is 20.1. The van der Waals surface area contributed by atoms with E-state index in [0.29, 0.717) is 5.56 Å². The first kappa shape index (κ1) is 28.6. The highest BCUT2D eigenvalue weighted by Crippen LogP contribution is 2.30. The maximum atomic E-state index is 14.7. The van der Waals surface area contributed by atoms with Crippen LogP contribution in [0.4, 0.5) is 17.6 Å². The highest BCUT2D eigenvalue weighted by Gasteiger charge is 2.31. The van der Waals surface area contributed by atoms with E-state index in [1.54, 1.807) is 71.1 Å². The second kappa shape index (κ2) is 12.2. The third kappa shape index (κ3) is 7.35. The van der Waals surface area contributed by atoms with Gasteiger partial charge in [0.1, 0.15) is 23.1 Å². The maximum Gasteiger partial charge on any atom is 0.573 e. The first-order chi connectivity index (χ1) is 19.0. The van der Waals surface area contributed by atoms with E-state index in [1.807, 2.05) is 6.07 Å². The molecule has 202 valence electrons. The number of hydrogen-bond acceptors (Lipinski definition) is 6. The summed E-state index contributed by atoms with van der Waals surface area (Å²) in [5, 5.41) is 8.91. The van der Waals surface area contributed by atoms with Gasteiger partial charge in [-0.15, -0.1) is 13.2 Å². The van der Waals surface area contributed by atoms with Gasteiger partial charge < -0.3 is 14.2 Å². The molecule has 4 aromatic rings. The Bertz CT molecular complexity index is 1570. The molecule has 0 saturated carbocycles. The van der Waals surface area contributed by atoms with Gasteiger partial charge in [-0.05, 0) is 65.2 Å². The number of carbonyl (C=O) groups is 2. The zero-order chi connectivity index (χ0) is 28.9. The van der Waals surface area contributed by atoms with Gasteiger partial charge in [-0.3, -0.25) is 0 Å². The average molecular weight is 661 g/mol. The van der Waals surface area contributed by atoms with Crippen LogP contribution in [0.1, 0.15) is 5.56 Å². The van der Waals surface area contributed by atoms with Gasteiger partial charge in [0.25, 0.3) is 0 Å². The van der Waals surface area contributed by atoms with Gasteiger partial charge in [0.15, 0.2) is 0 Å². The van der Waals surface area contributed by atoms with E-state index in [4.69, 9.17) is 14.7 Å². The molecule has 0 amide bonds. The molecule has 6 nitrogen and oxygen atoms in total. The molecule has 0 aliphatic rings. The normalized spacial score (nSPS) is 11.7. The van der Waals surface area contributed by atoms with Gasteiger partial charge in [-0.25, -0.2) is 14.0 Å². The zero-order valence-corrected chi connectivity index (χ0v) is 22.3. The average Bonchev–Trinajstić information content (AvgIpc) is 2.93. The minimum absolute atomic E-state index is 0.0493. The van der Waals surface area contributed by atoms with Gasteiger partial charge in [0.2, 0.25) is 3.92 Å². The van der Waals surface area contributed by atoms with Crippen LogP contribution < -0.4 is 14.2 Å². The summed E-state index contributed by atoms with van der Waals surface area (Å²) in [6.07, 6.45) is -4.85. The van der Waals surface area contributed by atoms with Crippen LogP contribution >= 0.6 is 22.6 Å². The van der Waals surface area contributed by atoms with Crippen LogP contribution in [0.15, 0.2) is 91.0 Å². The van der Waals surface area contributed by atoms with Crippen LogP contribution in [0.5, 0.6) is 17.2 Å². The summed E-state index contributed by atoms with van der Waals surface area (Å²) < 4.78 is 64.5. The van der Waals surface area contributed by atoms with Crippen LogP contribution in [-0.2, 0) is 9.59 Å². The Kier molecular flexibility index (Phi) is 8.69. The number of nitriles is 1. The Labute approximate surface area is 238 Å². The van der Waals surface area contributed by atoms with Crippen molar-refractivity contribution in [1.82, 2.24) is 0 Å². The lowest BCUT2D eigenvalue weighted by molar-refractivity contribution is -0.274. The Morgan fingerprint density at radius 2 is 1.20 bits per heavy atom. The summed E-state index contributed by atoms with van der Waals surface area (Å²) in [7, 11) is 0. The quantitative estimate of drug-likeness (QED) is 0.0519. The lowest BCUT2D eigenvalue weighted by atomic mass is 10.0.